The Balaban J connectivity index is 2.63. The molecule has 0 aliphatic rings. The Morgan fingerprint density at radius 2 is 2.13 bits per heavy atom. The van der Waals surface area contributed by atoms with Crippen molar-refractivity contribution in [2.24, 2.45) is 0 Å². The van der Waals surface area contributed by atoms with Gasteiger partial charge in [0, 0.05) is 10.6 Å². The van der Waals surface area contributed by atoms with Crippen LogP contribution in [-0.2, 0) is 0 Å². The number of benzene rings is 1. The number of hydrogen-bond acceptors (Lipinski definition) is 3. The molecule has 0 spiro atoms. The fourth-order valence-corrected chi connectivity index (χ4v) is 2.27. The number of aliphatic hydroxyl groups excluding tert-OH is 1. The predicted octanol–water partition coefficient (Wildman–Crippen LogP) is 2.25. The molecule has 1 aromatic carbocycles. The van der Waals surface area contributed by atoms with Crippen molar-refractivity contribution in [3.05, 3.63) is 29.8 Å². The van der Waals surface area contributed by atoms with Crippen LogP contribution in [0.3, 0.4) is 0 Å². The third kappa shape index (κ3) is 3.93. The lowest BCUT2D eigenvalue weighted by Crippen LogP contribution is -2.02. The fraction of sp³-hybridized carbons (Fsp3) is 0.364. The number of aromatic carboxylic acids is 1. The van der Waals surface area contributed by atoms with Crippen molar-refractivity contribution in [3.63, 3.8) is 0 Å². The number of thioether (sulfide) groups is 1. The normalized spacial score (nSPS) is 12.4. The van der Waals surface area contributed by atoms with Gasteiger partial charge in [-0.3, -0.25) is 0 Å². The van der Waals surface area contributed by atoms with Crippen LogP contribution in [0.15, 0.2) is 29.2 Å². The van der Waals surface area contributed by atoms with Gasteiger partial charge in [-0.05, 0) is 25.5 Å². The largest absolute Gasteiger partial charge is 0.478 e. The molecule has 0 fully saturated rings. The molecule has 0 aromatic heterocycles. The van der Waals surface area contributed by atoms with Crippen LogP contribution in [0.2, 0.25) is 0 Å². The van der Waals surface area contributed by atoms with Gasteiger partial charge in [0.05, 0.1) is 11.7 Å². The molecular weight excluding hydrogens is 212 g/mol. The predicted molar refractivity (Wildman–Crippen MR) is 60.4 cm³/mol. The van der Waals surface area contributed by atoms with Crippen LogP contribution in [0.25, 0.3) is 0 Å². The van der Waals surface area contributed by atoms with E-state index >= 15 is 0 Å². The van der Waals surface area contributed by atoms with Gasteiger partial charge in [-0.2, -0.15) is 0 Å². The maximum atomic E-state index is 10.9. The minimum Gasteiger partial charge on any atom is -0.478 e. The second kappa shape index (κ2) is 5.78. The van der Waals surface area contributed by atoms with E-state index in [4.69, 9.17) is 10.2 Å². The number of hydrogen-bond donors (Lipinski definition) is 2. The average Bonchev–Trinajstić information content (AvgIpc) is 2.17. The molecule has 15 heavy (non-hydrogen) atoms. The Morgan fingerprint density at radius 3 is 2.73 bits per heavy atom. The van der Waals surface area contributed by atoms with Crippen molar-refractivity contribution in [2.75, 3.05) is 5.75 Å². The monoisotopic (exact) mass is 226 g/mol. The van der Waals surface area contributed by atoms with Crippen molar-refractivity contribution >= 4 is 17.7 Å². The zero-order valence-electron chi connectivity index (χ0n) is 8.51. The quantitative estimate of drug-likeness (QED) is 0.756. The molecule has 4 heteroatoms. The molecule has 82 valence electrons. The summed E-state index contributed by atoms with van der Waals surface area (Å²) in [4.78, 5) is 11.6. The number of carboxylic acids is 1. The van der Waals surface area contributed by atoms with Gasteiger partial charge >= 0.3 is 5.97 Å². The Kier molecular flexibility index (Phi) is 4.65. The lowest BCUT2D eigenvalue weighted by molar-refractivity contribution is 0.0693. The molecule has 0 heterocycles. The molecule has 0 bridgehead atoms. The van der Waals surface area contributed by atoms with E-state index in [1.165, 1.54) is 11.8 Å². The van der Waals surface area contributed by atoms with Gasteiger partial charge in [0.1, 0.15) is 0 Å². The number of aliphatic hydroxyl groups is 1. The number of carboxylic acid groups (broad SMARTS) is 1. The number of rotatable bonds is 5. The van der Waals surface area contributed by atoms with E-state index in [0.29, 0.717) is 12.0 Å². The highest BCUT2D eigenvalue weighted by Gasteiger charge is 2.09. The first kappa shape index (κ1) is 12.1. The maximum absolute atomic E-state index is 10.9. The minimum atomic E-state index is -0.907. The lowest BCUT2D eigenvalue weighted by atomic mass is 10.2. The molecule has 0 radical (unpaired) electrons. The first-order valence-electron chi connectivity index (χ1n) is 4.74. The van der Waals surface area contributed by atoms with E-state index < -0.39 is 5.97 Å². The fourth-order valence-electron chi connectivity index (χ4n) is 1.11. The topological polar surface area (TPSA) is 57.5 Å². The zero-order chi connectivity index (χ0) is 11.3. The van der Waals surface area contributed by atoms with Crippen LogP contribution in [0.5, 0.6) is 0 Å². The summed E-state index contributed by atoms with van der Waals surface area (Å²) in [6, 6.07) is 6.91. The molecule has 3 nitrogen and oxygen atoms in total. The van der Waals surface area contributed by atoms with Crippen LogP contribution in [0.1, 0.15) is 23.7 Å². The Bertz CT molecular complexity index is 336. The van der Waals surface area contributed by atoms with Gasteiger partial charge < -0.3 is 10.2 Å². The molecule has 1 aromatic rings. The first-order chi connectivity index (χ1) is 7.11. The summed E-state index contributed by atoms with van der Waals surface area (Å²) in [5.74, 6) is -0.183. The molecule has 1 rings (SSSR count). The van der Waals surface area contributed by atoms with E-state index in [1.807, 2.05) is 6.07 Å². The van der Waals surface area contributed by atoms with Gasteiger partial charge in [0.25, 0.3) is 0 Å². The maximum Gasteiger partial charge on any atom is 0.336 e. The van der Waals surface area contributed by atoms with E-state index in [9.17, 15) is 4.79 Å². The summed E-state index contributed by atoms with van der Waals surface area (Å²) < 4.78 is 0. The average molecular weight is 226 g/mol. The van der Waals surface area contributed by atoms with E-state index in [-0.39, 0.29) is 6.10 Å². The van der Waals surface area contributed by atoms with Crippen LogP contribution < -0.4 is 0 Å². The minimum absolute atomic E-state index is 0.327. The summed E-state index contributed by atoms with van der Waals surface area (Å²) in [5, 5.41) is 18.0. The first-order valence-corrected chi connectivity index (χ1v) is 5.73. The van der Waals surface area contributed by atoms with Crippen molar-refractivity contribution in [2.45, 2.75) is 24.3 Å². The van der Waals surface area contributed by atoms with Crippen LogP contribution in [0.4, 0.5) is 0 Å². The molecule has 0 amide bonds. The SMILES string of the molecule is CC(O)CCSc1ccccc1C(=O)O. The van der Waals surface area contributed by atoms with Gasteiger partial charge in [-0.1, -0.05) is 12.1 Å². The molecule has 0 aliphatic heterocycles. The van der Waals surface area contributed by atoms with Crippen molar-refractivity contribution in [3.8, 4) is 0 Å². The summed E-state index contributed by atoms with van der Waals surface area (Å²) in [5.41, 5.74) is 0.327. The second-order valence-electron chi connectivity index (χ2n) is 3.29. The molecule has 0 saturated carbocycles. The van der Waals surface area contributed by atoms with Crippen molar-refractivity contribution < 1.29 is 15.0 Å². The second-order valence-corrected chi connectivity index (χ2v) is 4.42. The van der Waals surface area contributed by atoms with Crippen LogP contribution in [0, 0.1) is 0 Å². The van der Waals surface area contributed by atoms with E-state index in [2.05, 4.69) is 0 Å². The standard InChI is InChI=1S/C11H14O3S/c1-8(12)6-7-15-10-5-3-2-4-9(10)11(13)14/h2-5,8,12H,6-7H2,1H3,(H,13,14). The Morgan fingerprint density at radius 1 is 1.47 bits per heavy atom. The third-order valence-corrected chi connectivity index (χ3v) is 3.02. The summed E-state index contributed by atoms with van der Waals surface area (Å²) in [7, 11) is 0. The van der Waals surface area contributed by atoms with Crippen LogP contribution >= 0.6 is 11.8 Å². The summed E-state index contributed by atoms with van der Waals surface area (Å²) in [6.07, 6.45) is 0.327. The number of carbonyl (C=O) groups is 1. The van der Waals surface area contributed by atoms with Gasteiger partial charge in [-0.15, -0.1) is 11.8 Å². The zero-order valence-corrected chi connectivity index (χ0v) is 9.33. The highest BCUT2D eigenvalue weighted by atomic mass is 32.2. The van der Waals surface area contributed by atoms with E-state index in [0.717, 1.165) is 10.6 Å². The highest BCUT2D eigenvalue weighted by molar-refractivity contribution is 7.99. The molecule has 0 aliphatic carbocycles. The molecule has 0 saturated heterocycles. The van der Waals surface area contributed by atoms with Gasteiger partial charge in [-0.25, -0.2) is 4.79 Å². The molecular formula is C11H14O3S. The van der Waals surface area contributed by atoms with Crippen LogP contribution in [-0.4, -0.2) is 28.0 Å². The van der Waals surface area contributed by atoms with E-state index in [1.54, 1.807) is 25.1 Å². The molecule has 2 N–H and O–H groups in total. The summed E-state index contributed by atoms with van der Waals surface area (Å²) in [6.45, 7) is 1.73. The van der Waals surface area contributed by atoms with Gasteiger partial charge in [0.15, 0.2) is 0 Å². The highest BCUT2D eigenvalue weighted by Crippen LogP contribution is 2.23. The van der Waals surface area contributed by atoms with Gasteiger partial charge in [0.2, 0.25) is 0 Å². The van der Waals surface area contributed by atoms with Crippen molar-refractivity contribution in [1.29, 1.82) is 0 Å². The summed E-state index contributed by atoms with van der Waals surface area (Å²) >= 11 is 1.46. The molecule has 1 unspecified atom stereocenters. The molecule has 1 atom stereocenters. The Labute approximate surface area is 93.1 Å². The smallest absolute Gasteiger partial charge is 0.336 e. The third-order valence-electron chi connectivity index (χ3n) is 1.91. The van der Waals surface area contributed by atoms with Crippen molar-refractivity contribution in [1.82, 2.24) is 0 Å². The Hall–Kier alpha value is -1.00. The lowest BCUT2D eigenvalue weighted by Gasteiger charge is -2.06.